The Morgan fingerprint density at radius 2 is 1.97 bits per heavy atom. The minimum absolute atomic E-state index is 0.0147. The second-order valence-corrected chi connectivity index (χ2v) is 10.2. The third kappa shape index (κ3) is 7.69. The lowest BCUT2D eigenvalue weighted by atomic mass is 9.91. The highest BCUT2D eigenvalue weighted by molar-refractivity contribution is 8.00. The molecule has 1 aliphatic carbocycles. The van der Waals surface area contributed by atoms with E-state index in [9.17, 15) is 19.7 Å². The predicted molar refractivity (Wildman–Crippen MR) is 125 cm³/mol. The minimum Gasteiger partial charge on any atom is -0.350 e. The summed E-state index contributed by atoms with van der Waals surface area (Å²) in [6.07, 6.45) is 6.38. The van der Waals surface area contributed by atoms with E-state index >= 15 is 0 Å². The lowest BCUT2D eigenvalue weighted by Crippen LogP contribution is -2.52. The molecule has 1 aromatic rings. The van der Waals surface area contributed by atoms with Crippen LogP contribution in [0, 0.1) is 16.0 Å². The number of nitro benzene ring substituents is 1. The fourth-order valence-electron chi connectivity index (χ4n) is 3.78. The molecule has 0 aromatic heterocycles. The molecule has 1 saturated heterocycles. The largest absolute Gasteiger partial charge is 0.350 e. The van der Waals surface area contributed by atoms with Gasteiger partial charge in [0.15, 0.2) is 0 Å². The molecule has 1 unspecified atom stereocenters. The average Bonchev–Trinajstić information content (AvgIpc) is 3.33. The Kier molecular flexibility index (Phi) is 9.48. The van der Waals surface area contributed by atoms with Gasteiger partial charge in [0.1, 0.15) is 11.4 Å². The van der Waals surface area contributed by atoms with Crippen LogP contribution in [0.25, 0.3) is 0 Å². The number of nitrogens with zero attached hydrogens (tertiary/aromatic N) is 1. The van der Waals surface area contributed by atoms with Gasteiger partial charge < -0.3 is 10.6 Å². The molecule has 0 radical (unpaired) electrons. The van der Waals surface area contributed by atoms with Gasteiger partial charge in [-0.1, -0.05) is 31.4 Å². The maximum Gasteiger partial charge on any atom is 0.269 e. The quantitative estimate of drug-likeness (QED) is 0.359. The van der Waals surface area contributed by atoms with Crippen molar-refractivity contribution >= 4 is 41.0 Å². The Hall–Kier alpha value is -1.78. The molecule has 1 aliphatic heterocycles. The van der Waals surface area contributed by atoms with Crippen LogP contribution in [0.3, 0.4) is 0 Å². The van der Waals surface area contributed by atoms with E-state index in [1.165, 1.54) is 44.2 Å². The lowest BCUT2D eigenvalue weighted by Gasteiger charge is -2.23. The maximum atomic E-state index is 12.8. The first-order chi connectivity index (χ1) is 15.0. The summed E-state index contributed by atoms with van der Waals surface area (Å²) < 4.78 is 0. The van der Waals surface area contributed by atoms with Gasteiger partial charge >= 0.3 is 0 Å². The van der Waals surface area contributed by atoms with E-state index in [1.54, 1.807) is 35.7 Å². The fraction of sp³-hybridized carbons (Fsp3) is 0.619. The zero-order chi connectivity index (χ0) is 22.1. The molecule has 31 heavy (non-hydrogen) atoms. The molecule has 2 atom stereocenters. The maximum absolute atomic E-state index is 12.8. The summed E-state index contributed by atoms with van der Waals surface area (Å²) in [7, 11) is 0. The molecule has 8 nitrogen and oxygen atoms in total. The van der Waals surface area contributed by atoms with Crippen molar-refractivity contribution in [1.29, 1.82) is 0 Å². The van der Waals surface area contributed by atoms with Gasteiger partial charge in [0.25, 0.3) is 5.69 Å². The average molecular weight is 467 g/mol. The molecule has 1 heterocycles. The summed E-state index contributed by atoms with van der Waals surface area (Å²) >= 11 is 3.28. The number of amides is 2. The number of carbonyl (C=O) groups excluding carboxylic acids is 2. The van der Waals surface area contributed by atoms with E-state index < -0.39 is 11.0 Å². The van der Waals surface area contributed by atoms with Crippen LogP contribution in [-0.2, 0) is 16.1 Å². The number of nitrogens with one attached hydrogen (secondary N) is 3. The van der Waals surface area contributed by atoms with Crippen LogP contribution in [0.4, 0.5) is 5.69 Å². The van der Waals surface area contributed by atoms with Gasteiger partial charge in [-0.2, -0.15) is 11.8 Å². The second kappa shape index (κ2) is 12.3. The smallest absolute Gasteiger partial charge is 0.269 e. The van der Waals surface area contributed by atoms with Gasteiger partial charge in [0.2, 0.25) is 11.8 Å². The molecule has 1 saturated carbocycles. The van der Waals surface area contributed by atoms with Gasteiger partial charge in [0.05, 0.1) is 4.92 Å². The summed E-state index contributed by atoms with van der Waals surface area (Å²) in [5.41, 5.74) is 0.785. The number of non-ortho nitro benzene ring substituents is 1. The van der Waals surface area contributed by atoms with Crippen LogP contribution in [0.2, 0.25) is 0 Å². The van der Waals surface area contributed by atoms with Crippen LogP contribution < -0.4 is 16.0 Å². The highest BCUT2D eigenvalue weighted by Gasteiger charge is 2.28. The third-order valence-electron chi connectivity index (χ3n) is 5.56. The van der Waals surface area contributed by atoms with Crippen molar-refractivity contribution in [3.8, 4) is 0 Å². The molecule has 0 bridgehead atoms. The molecule has 2 fully saturated rings. The van der Waals surface area contributed by atoms with Gasteiger partial charge in [-0.25, -0.2) is 0 Å². The van der Waals surface area contributed by atoms with Gasteiger partial charge in [-0.15, -0.1) is 11.8 Å². The Morgan fingerprint density at radius 3 is 2.61 bits per heavy atom. The van der Waals surface area contributed by atoms with Crippen molar-refractivity contribution in [2.24, 2.45) is 5.92 Å². The van der Waals surface area contributed by atoms with Gasteiger partial charge in [-0.05, 0) is 30.1 Å². The third-order valence-corrected chi connectivity index (χ3v) is 7.99. The number of thioether (sulfide) groups is 2. The molecule has 2 aliphatic rings. The van der Waals surface area contributed by atoms with E-state index in [4.69, 9.17) is 0 Å². The van der Waals surface area contributed by atoms with Crippen molar-refractivity contribution in [3.63, 3.8) is 0 Å². The number of rotatable bonds is 10. The summed E-state index contributed by atoms with van der Waals surface area (Å²) in [5, 5.41) is 19.4. The fourth-order valence-corrected chi connectivity index (χ4v) is 5.98. The molecule has 1 aromatic carbocycles. The van der Waals surface area contributed by atoms with Crippen LogP contribution in [0.5, 0.6) is 0 Å². The zero-order valence-electron chi connectivity index (χ0n) is 17.5. The zero-order valence-corrected chi connectivity index (χ0v) is 19.1. The van der Waals surface area contributed by atoms with E-state index in [2.05, 4.69) is 16.0 Å². The summed E-state index contributed by atoms with van der Waals surface area (Å²) in [4.78, 5) is 35.7. The van der Waals surface area contributed by atoms with Gasteiger partial charge in [0, 0.05) is 36.7 Å². The summed E-state index contributed by atoms with van der Waals surface area (Å²) in [6.45, 7) is 1.04. The number of hydrogen-bond donors (Lipinski definition) is 3. The molecule has 10 heteroatoms. The van der Waals surface area contributed by atoms with Gasteiger partial charge in [-0.3, -0.25) is 25.0 Å². The van der Waals surface area contributed by atoms with Crippen LogP contribution in [0.15, 0.2) is 24.3 Å². The number of benzene rings is 1. The first-order valence-electron chi connectivity index (χ1n) is 10.8. The molecule has 2 amide bonds. The molecule has 3 rings (SSSR count). The Bertz CT molecular complexity index is 750. The number of hydrogen-bond acceptors (Lipinski definition) is 7. The molecular formula is C21H30N4O4S2. The van der Waals surface area contributed by atoms with Crippen molar-refractivity contribution in [1.82, 2.24) is 16.0 Å². The molecule has 3 N–H and O–H groups in total. The minimum atomic E-state index is -0.609. The Labute approximate surface area is 191 Å². The lowest BCUT2D eigenvalue weighted by molar-refractivity contribution is -0.384. The monoisotopic (exact) mass is 466 g/mol. The number of nitro groups is 1. The first kappa shape index (κ1) is 23.9. The molecule has 170 valence electrons. The molecular weight excluding hydrogens is 436 g/mol. The topological polar surface area (TPSA) is 113 Å². The van der Waals surface area contributed by atoms with Crippen LogP contribution >= 0.6 is 23.5 Å². The van der Waals surface area contributed by atoms with E-state index in [0.717, 1.165) is 23.6 Å². The van der Waals surface area contributed by atoms with Crippen molar-refractivity contribution in [2.45, 2.75) is 50.1 Å². The second-order valence-electron chi connectivity index (χ2n) is 7.95. The SMILES string of the molecule is O=C(N[C@@H](CSCC1CCCCC1)C(=O)NCc1ccc([N+](=O)[O-])cc1)C1NCCS1. The normalized spacial score (nSPS) is 20.2. The first-order valence-corrected chi connectivity index (χ1v) is 13.0. The van der Waals surface area contributed by atoms with E-state index in [0.29, 0.717) is 11.7 Å². The predicted octanol–water partition coefficient (Wildman–Crippen LogP) is 2.67. The van der Waals surface area contributed by atoms with Crippen molar-refractivity contribution in [2.75, 3.05) is 23.8 Å². The summed E-state index contributed by atoms with van der Waals surface area (Å²) in [6, 6.07) is 5.49. The summed E-state index contributed by atoms with van der Waals surface area (Å²) in [5.74, 6) is 2.74. The molecule has 0 spiro atoms. The highest BCUT2D eigenvalue weighted by Crippen LogP contribution is 2.27. The Balaban J connectivity index is 1.53. The van der Waals surface area contributed by atoms with Crippen molar-refractivity contribution < 1.29 is 14.5 Å². The van der Waals surface area contributed by atoms with Crippen LogP contribution in [0.1, 0.15) is 37.7 Å². The Morgan fingerprint density at radius 1 is 1.23 bits per heavy atom. The number of carbonyl (C=O) groups is 2. The highest BCUT2D eigenvalue weighted by atomic mass is 32.2. The van der Waals surface area contributed by atoms with Crippen molar-refractivity contribution in [3.05, 3.63) is 39.9 Å². The van der Waals surface area contributed by atoms with Crippen LogP contribution in [-0.4, -0.2) is 52.0 Å². The standard InChI is InChI=1S/C21H30N4O4S2/c26-19(23-12-15-6-8-17(9-7-15)25(28)29)18(24-20(27)21-22-10-11-31-21)14-30-13-16-4-2-1-3-5-16/h6-9,16,18,21-22H,1-5,10-14H2,(H,23,26)(H,24,27)/t18-,21?/m0/s1. The van der Waals surface area contributed by atoms with E-state index in [1.807, 2.05) is 0 Å². The van der Waals surface area contributed by atoms with E-state index in [-0.39, 0.29) is 29.4 Å².